The van der Waals surface area contributed by atoms with E-state index in [-0.39, 0.29) is 4.90 Å². The van der Waals surface area contributed by atoms with Crippen LogP contribution in [0, 0.1) is 5.92 Å². The predicted molar refractivity (Wildman–Crippen MR) is 124 cm³/mol. The van der Waals surface area contributed by atoms with Gasteiger partial charge in [0.1, 0.15) is 10.6 Å². The maximum atomic E-state index is 13.2. The highest BCUT2D eigenvalue weighted by Crippen LogP contribution is 2.31. The Balaban J connectivity index is 1.44. The number of methoxy groups -OCH3 is 1. The first-order valence-electron chi connectivity index (χ1n) is 11.1. The first-order chi connectivity index (χ1) is 14.9. The van der Waals surface area contributed by atoms with Crippen LogP contribution in [0.1, 0.15) is 36.5 Å². The van der Waals surface area contributed by atoms with Crippen molar-refractivity contribution in [3.8, 4) is 5.75 Å². The molecule has 7 heteroatoms. The Morgan fingerprint density at radius 3 is 2.71 bits per heavy atom. The zero-order chi connectivity index (χ0) is 22.0. The molecule has 168 valence electrons. The average molecular weight is 463 g/mol. The number of ether oxygens (including phenoxy) is 1. The second-order valence-electron chi connectivity index (χ2n) is 8.57. The number of nitrogens with zero attached hydrogens (tertiary/aromatic N) is 2. The molecule has 0 saturated carbocycles. The smallest absolute Gasteiger partial charge is 0.244 e. The number of halogens is 1. The van der Waals surface area contributed by atoms with Crippen LogP contribution in [0.25, 0.3) is 0 Å². The molecule has 1 saturated heterocycles. The van der Waals surface area contributed by atoms with Gasteiger partial charge >= 0.3 is 0 Å². The van der Waals surface area contributed by atoms with Crippen molar-refractivity contribution in [1.29, 1.82) is 0 Å². The van der Waals surface area contributed by atoms with Crippen LogP contribution >= 0.6 is 11.6 Å². The number of benzene rings is 2. The zero-order valence-corrected chi connectivity index (χ0v) is 19.9. The maximum absolute atomic E-state index is 13.2. The number of aryl methyl sites for hydroxylation is 1. The summed E-state index contributed by atoms with van der Waals surface area (Å²) < 4.78 is 33.5. The Morgan fingerprint density at radius 2 is 1.97 bits per heavy atom. The minimum atomic E-state index is -3.56. The molecule has 4 rings (SSSR count). The van der Waals surface area contributed by atoms with Crippen molar-refractivity contribution in [3.63, 3.8) is 0 Å². The standard InChI is InChI=1S/C24H31ClN2O3S/c1-3-19-13-21-17-26(12-10-20(21)14-23(19)30-2)15-18-7-6-11-27(16-18)31(28,29)24-9-5-4-8-22(24)25/h4-5,8-9,13-14,18H,3,6-7,10-12,15-17H2,1-2H3. The van der Waals surface area contributed by atoms with Gasteiger partial charge in [0.2, 0.25) is 10.0 Å². The van der Waals surface area contributed by atoms with Gasteiger partial charge in [-0.05, 0) is 66.5 Å². The summed E-state index contributed by atoms with van der Waals surface area (Å²) in [4.78, 5) is 2.69. The molecule has 0 amide bonds. The van der Waals surface area contributed by atoms with Crippen molar-refractivity contribution in [2.75, 3.05) is 33.3 Å². The van der Waals surface area contributed by atoms with Crippen LogP contribution in [0.3, 0.4) is 0 Å². The topological polar surface area (TPSA) is 49.9 Å². The van der Waals surface area contributed by atoms with E-state index in [2.05, 4.69) is 24.0 Å². The number of piperidine rings is 1. The quantitative estimate of drug-likeness (QED) is 0.639. The lowest BCUT2D eigenvalue weighted by Crippen LogP contribution is -2.44. The van der Waals surface area contributed by atoms with Crippen molar-refractivity contribution in [3.05, 3.63) is 58.1 Å². The lowest BCUT2D eigenvalue weighted by atomic mass is 9.93. The summed E-state index contributed by atoms with van der Waals surface area (Å²) >= 11 is 6.19. The average Bonchev–Trinajstić information content (AvgIpc) is 2.78. The fourth-order valence-electron chi connectivity index (χ4n) is 4.87. The molecule has 1 atom stereocenters. The number of sulfonamides is 1. The lowest BCUT2D eigenvalue weighted by Gasteiger charge is -2.37. The maximum Gasteiger partial charge on any atom is 0.244 e. The molecule has 5 nitrogen and oxygen atoms in total. The monoisotopic (exact) mass is 462 g/mol. The number of hydrogen-bond donors (Lipinski definition) is 0. The molecule has 1 unspecified atom stereocenters. The minimum Gasteiger partial charge on any atom is -0.496 e. The molecule has 0 radical (unpaired) electrons. The molecule has 2 aliphatic rings. The van der Waals surface area contributed by atoms with E-state index in [1.807, 2.05) is 0 Å². The molecular formula is C24H31ClN2O3S. The third kappa shape index (κ3) is 4.77. The summed E-state index contributed by atoms with van der Waals surface area (Å²) in [5, 5.41) is 0.291. The van der Waals surface area contributed by atoms with E-state index >= 15 is 0 Å². The molecule has 31 heavy (non-hydrogen) atoms. The third-order valence-corrected chi connectivity index (χ3v) is 8.89. The highest BCUT2D eigenvalue weighted by molar-refractivity contribution is 7.89. The van der Waals surface area contributed by atoms with Crippen LogP contribution < -0.4 is 4.74 Å². The van der Waals surface area contributed by atoms with Crippen molar-refractivity contribution in [2.45, 2.75) is 44.0 Å². The Kier molecular flexibility index (Phi) is 6.92. The van der Waals surface area contributed by atoms with E-state index in [1.54, 1.807) is 35.7 Å². The first-order valence-corrected chi connectivity index (χ1v) is 12.9. The molecule has 2 aromatic carbocycles. The van der Waals surface area contributed by atoms with Crippen LogP contribution in [-0.2, 0) is 29.4 Å². The molecule has 0 bridgehead atoms. The zero-order valence-electron chi connectivity index (χ0n) is 18.3. The van der Waals surface area contributed by atoms with E-state index in [9.17, 15) is 8.42 Å². The molecule has 0 spiro atoms. The Labute approximate surface area is 191 Å². The fourth-order valence-corrected chi connectivity index (χ4v) is 6.92. The molecule has 2 aromatic rings. The van der Waals surface area contributed by atoms with E-state index in [0.717, 1.165) is 51.1 Å². The van der Waals surface area contributed by atoms with Gasteiger partial charge in [0.05, 0.1) is 12.1 Å². The summed E-state index contributed by atoms with van der Waals surface area (Å²) in [6.07, 6.45) is 3.90. The Hall–Kier alpha value is -1.60. The van der Waals surface area contributed by atoms with Gasteiger partial charge < -0.3 is 4.74 Å². The lowest BCUT2D eigenvalue weighted by molar-refractivity contribution is 0.167. The summed E-state index contributed by atoms with van der Waals surface area (Å²) in [6.45, 7) is 6.10. The molecule has 2 aliphatic heterocycles. The van der Waals surface area contributed by atoms with Gasteiger partial charge in [0.15, 0.2) is 0 Å². The molecule has 0 aliphatic carbocycles. The normalized spacial score (nSPS) is 20.4. The highest BCUT2D eigenvalue weighted by atomic mass is 35.5. The first kappa shape index (κ1) is 22.6. The SMILES string of the molecule is CCc1cc2c(cc1OC)CCN(CC1CCCN(S(=O)(=O)c3ccccc3Cl)C1)C2. The van der Waals surface area contributed by atoms with Gasteiger partial charge in [0, 0.05) is 32.7 Å². The Morgan fingerprint density at radius 1 is 1.16 bits per heavy atom. The fraction of sp³-hybridized carbons (Fsp3) is 0.500. The van der Waals surface area contributed by atoms with Crippen LogP contribution in [0.15, 0.2) is 41.3 Å². The second-order valence-corrected chi connectivity index (χ2v) is 10.9. The van der Waals surface area contributed by atoms with E-state index in [1.165, 1.54) is 16.7 Å². The van der Waals surface area contributed by atoms with Crippen LogP contribution in [0.5, 0.6) is 5.75 Å². The van der Waals surface area contributed by atoms with Crippen LogP contribution in [0.2, 0.25) is 5.02 Å². The van der Waals surface area contributed by atoms with Crippen LogP contribution in [-0.4, -0.2) is 50.9 Å². The highest BCUT2D eigenvalue weighted by Gasteiger charge is 2.32. The predicted octanol–water partition coefficient (Wildman–Crippen LogP) is 4.37. The van der Waals surface area contributed by atoms with Crippen molar-refractivity contribution >= 4 is 21.6 Å². The second kappa shape index (κ2) is 9.49. The number of fused-ring (bicyclic) bond motifs is 1. The summed E-state index contributed by atoms with van der Waals surface area (Å²) in [5.74, 6) is 1.32. The van der Waals surface area contributed by atoms with Crippen LogP contribution in [0.4, 0.5) is 0 Å². The molecule has 2 heterocycles. The van der Waals surface area contributed by atoms with Gasteiger partial charge in [-0.1, -0.05) is 36.7 Å². The molecule has 1 fully saturated rings. The molecular weight excluding hydrogens is 432 g/mol. The van der Waals surface area contributed by atoms with Crippen molar-refractivity contribution in [2.24, 2.45) is 5.92 Å². The largest absolute Gasteiger partial charge is 0.496 e. The number of rotatable bonds is 6. The molecule has 0 N–H and O–H groups in total. The van der Waals surface area contributed by atoms with Gasteiger partial charge in [-0.25, -0.2) is 8.42 Å². The van der Waals surface area contributed by atoms with Gasteiger partial charge in [-0.3, -0.25) is 4.90 Å². The molecule has 0 aromatic heterocycles. The van der Waals surface area contributed by atoms with Gasteiger partial charge in [-0.15, -0.1) is 0 Å². The summed E-state index contributed by atoms with van der Waals surface area (Å²) in [7, 11) is -1.83. The van der Waals surface area contributed by atoms with E-state index in [4.69, 9.17) is 16.3 Å². The van der Waals surface area contributed by atoms with Gasteiger partial charge in [-0.2, -0.15) is 4.31 Å². The Bertz CT molecular complexity index is 1040. The van der Waals surface area contributed by atoms with E-state index < -0.39 is 10.0 Å². The van der Waals surface area contributed by atoms with Crippen molar-refractivity contribution in [1.82, 2.24) is 9.21 Å². The summed E-state index contributed by atoms with van der Waals surface area (Å²) in [5.41, 5.74) is 4.00. The van der Waals surface area contributed by atoms with Crippen molar-refractivity contribution < 1.29 is 13.2 Å². The summed E-state index contributed by atoms with van der Waals surface area (Å²) in [6, 6.07) is 11.2. The van der Waals surface area contributed by atoms with Gasteiger partial charge in [0.25, 0.3) is 0 Å². The third-order valence-electron chi connectivity index (χ3n) is 6.53. The number of hydrogen-bond acceptors (Lipinski definition) is 4. The van der Waals surface area contributed by atoms with E-state index in [0.29, 0.717) is 24.0 Å². The minimum absolute atomic E-state index is 0.213.